The van der Waals surface area contributed by atoms with E-state index in [2.05, 4.69) is 41.5 Å². The van der Waals surface area contributed by atoms with Crippen LogP contribution < -0.4 is 0 Å². The van der Waals surface area contributed by atoms with E-state index >= 15 is 0 Å². The minimum atomic E-state index is 0.933. The third-order valence-electron chi connectivity index (χ3n) is 18.2. The first-order valence-electron chi connectivity index (χ1n) is 35.7. The Hall–Kier alpha value is -0.0400. The summed E-state index contributed by atoms with van der Waals surface area (Å²) < 4.78 is 6.11. The van der Waals surface area contributed by atoms with Crippen molar-refractivity contribution < 1.29 is 4.74 Å². The highest BCUT2D eigenvalue weighted by molar-refractivity contribution is 4.70. The molecule has 440 valence electrons. The van der Waals surface area contributed by atoms with Gasteiger partial charge in [0.05, 0.1) is 0 Å². The van der Waals surface area contributed by atoms with Gasteiger partial charge in [0.1, 0.15) is 0 Å². The zero-order valence-electron chi connectivity index (χ0n) is 52.6. The maximum Gasteiger partial charge on any atom is 0.0466 e. The van der Waals surface area contributed by atoms with E-state index in [0.717, 1.165) is 36.9 Å². The molecule has 4 unspecified atom stereocenters. The number of ether oxygens (including phenoxy) is 1. The Kier molecular flexibility index (Phi) is 64.4. The monoisotopic (exact) mass is 1030 g/mol. The normalized spacial score (nSPS) is 13.6. The Labute approximate surface area is 466 Å². The minimum Gasteiger partial charge on any atom is -0.381 e. The number of hydrogen-bond acceptors (Lipinski definition) is 1. The first-order chi connectivity index (χ1) is 36.1. The number of unbranched alkanes of at least 4 members (excludes halogenated alkanes) is 48. The molecule has 0 amide bonds. The topological polar surface area (TPSA) is 9.23 Å². The standard InChI is InChI=1S/C72H146O/c1-7-11-15-19-23-27-29-31-33-37-45-53-61-69(5)71(63-55-47-39-25-21-17-13-9-3)65-57-49-41-35-43-51-59-67-73-68-60-52-44-36-42-50-58-66-72(64-56-48-40-26-22-18-14-10-4)70(6)62-54-46-38-34-32-30-28-24-20-16-12-8-2/h69-72H,7-68H2,1-6H3. The van der Waals surface area contributed by atoms with Gasteiger partial charge in [-0.15, -0.1) is 0 Å². The fraction of sp³-hybridized carbons (Fsp3) is 1.00. The molecule has 0 heterocycles. The lowest BCUT2D eigenvalue weighted by Crippen LogP contribution is -2.12. The van der Waals surface area contributed by atoms with Gasteiger partial charge in [0, 0.05) is 13.2 Å². The molecule has 0 N–H and O–H groups in total. The molecule has 0 aliphatic heterocycles. The molecule has 0 aromatic carbocycles. The van der Waals surface area contributed by atoms with Gasteiger partial charge in [0.25, 0.3) is 0 Å². The van der Waals surface area contributed by atoms with E-state index in [9.17, 15) is 0 Å². The maximum absolute atomic E-state index is 6.11. The highest BCUT2D eigenvalue weighted by Crippen LogP contribution is 2.32. The second-order valence-corrected chi connectivity index (χ2v) is 25.5. The number of hydrogen-bond donors (Lipinski definition) is 0. The summed E-state index contributed by atoms with van der Waals surface area (Å²) in [5.41, 5.74) is 0. The lowest BCUT2D eigenvalue weighted by atomic mass is 9.81. The van der Waals surface area contributed by atoms with E-state index in [1.165, 1.54) is 385 Å². The molecule has 4 atom stereocenters. The Morgan fingerprint density at radius 3 is 0.521 bits per heavy atom. The molecule has 0 saturated carbocycles. The minimum absolute atomic E-state index is 0.933. The quantitative estimate of drug-likeness (QED) is 0.0552. The average molecular weight is 1030 g/mol. The summed E-state index contributed by atoms with van der Waals surface area (Å²) >= 11 is 0. The third-order valence-corrected chi connectivity index (χ3v) is 18.2. The van der Waals surface area contributed by atoms with Gasteiger partial charge < -0.3 is 4.74 Å². The molecule has 0 aliphatic rings. The molecule has 0 aromatic rings. The van der Waals surface area contributed by atoms with Gasteiger partial charge >= 0.3 is 0 Å². The molecule has 1 nitrogen and oxygen atoms in total. The van der Waals surface area contributed by atoms with Crippen molar-refractivity contribution in [2.24, 2.45) is 23.7 Å². The highest BCUT2D eigenvalue weighted by atomic mass is 16.5. The van der Waals surface area contributed by atoms with Crippen LogP contribution in [0, 0.1) is 23.7 Å². The van der Waals surface area contributed by atoms with E-state index in [1.54, 1.807) is 0 Å². The Morgan fingerprint density at radius 2 is 0.329 bits per heavy atom. The number of rotatable bonds is 66. The van der Waals surface area contributed by atoms with Crippen molar-refractivity contribution in [3.05, 3.63) is 0 Å². The first kappa shape index (κ1) is 73.0. The summed E-state index contributed by atoms with van der Waals surface area (Å²) in [7, 11) is 0. The summed E-state index contributed by atoms with van der Waals surface area (Å²) in [4.78, 5) is 0. The average Bonchev–Trinajstić information content (AvgIpc) is 3.39. The molecule has 0 fully saturated rings. The van der Waals surface area contributed by atoms with Crippen LogP contribution >= 0.6 is 0 Å². The van der Waals surface area contributed by atoms with Crippen molar-refractivity contribution in [1.29, 1.82) is 0 Å². The van der Waals surface area contributed by atoms with Crippen LogP contribution in [-0.4, -0.2) is 13.2 Å². The first-order valence-corrected chi connectivity index (χ1v) is 35.7. The molecule has 0 aromatic heterocycles. The van der Waals surface area contributed by atoms with Gasteiger partial charge in [-0.1, -0.05) is 414 Å². The van der Waals surface area contributed by atoms with Crippen molar-refractivity contribution in [3.8, 4) is 0 Å². The highest BCUT2D eigenvalue weighted by Gasteiger charge is 2.18. The SMILES string of the molecule is CCCCCCCCCCCCCCC(C)C(CCCCCCCCCC)CCCCCCCCCOCCCCCCCCCC(CCCCCCCCCC)C(C)CCCCCCCCCCCCCC. The van der Waals surface area contributed by atoms with Crippen molar-refractivity contribution >= 4 is 0 Å². The molecule has 0 rings (SSSR count). The lowest BCUT2D eigenvalue weighted by molar-refractivity contribution is 0.125. The molecule has 0 spiro atoms. The summed E-state index contributed by atoms with van der Waals surface area (Å²) in [5, 5.41) is 0. The van der Waals surface area contributed by atoms with Gasteiger partial charge in [-0.25, -0.2) is 0 Å². The van der Waals surface area contributed by atoms with Crippen LogP contribution in [0.2, 0.25) is 0 Å². The van der Waals surface area contributed by atoms with Crippen molar-refractivity contribution in [3.63, 3.8) is 0 Å². The zero-order valence-corrected chi connectivity index (χ0v) is 52.6. The molecular formula is C72H146O. The van der Waals surface area contributed by atoms with E-state index < -0.39 is 0 Å². The molecule has 1 heteroatoms. The second kappa shape index (κ2) is 64.5. The largest absolute Gasteiger partial charge is 0.381 e. The van der Waals surface area contributed by atoms with Crippen molar-refractivity contribution in [2.45, 2.75) is 427 Å². The van der Waals surface area contributed by atoms with E-state index in [-0.39, 0.29) is 0 Å². The van der Waals surface area contributed by atoms with Crippen LogP contribution in [0.1, 0.15) is 427 Å². The maximum atomic E-state index is 6.11. The molecule has 0 radical (unpaired) electrons. The van der Waals surface area contributed by atoms with Crippen LogP contribution in [0.15, 0.2) is 0 Å². The fourth-order valence-corrected chi connectivity index (χ4v) is 12.7. The Balaban J connectivity index is 4.11. The van der Waals surface area contributed by atoms with Crippen LogP contribution in [0.4, 0.5) is 0 Å². The van der Waals surface area contributed by atoms with Crippen molar-refractivity contribution in [1.82, 2.24) is 0 Å². The van der Waals surface area contributed by atoms with E-state index in [4.69, 9.17) is 4.74 Å². The predicted molar refractivity (Wildman–Crippen MR) is 336 cm³/mol. The van der Waals surface area contributed by atoms with Gasteiger partial charge in [0.2, 0.25) is 0 Å². The molecular weight excluding hydrogens is 881 g/mol. The van der Waals surface area contributed by atoms with Crippen LogP contribution in [0.25, 0.3) is 0 Å². The summed E-state index contributed by atoms with van der Waals surface area (Å²) in [6.07, 6.45) is 87.3. The lowest BCUT2D eigenvalue weighted by Gasteiger charge is -2.24. The zero-order chi connectivity index (χ0) is 52.9. The van der Waals surface area contributed by atoms with Gasteiger partial charge in [-0.05, 0) is 36.5 Å². The molecule has 73 heavy (non-hydrogen) atoms. The van der Waals surface area contributed by atoms with Gasteiger partial charge in [0.15, 0.2) is 0 Å². The van der Waals surface area contributed by atoms with Gasteiger partial charge in [-0.3, -0.25) is 0 Å². The van der Waals surface area contributed by atoms with Crippen LogP contribution in [-0.2, 0) is 4.74 Å². The smallest absolute Gasteiger partial charge is 0.0466 e. The predicted octanol–water partition coefficient (Wildman–Crippen LogP) is 27.0. The summed E-state index contributed by atoms with van der Waals surface area (Å²) in [5.74, 6) is 3.83. The molecule has 0 aliphatic carbocycles. The van der Waals surface area contributed by atoms with Crippen molar-refractivity contribution in [2.75, 3.05) is 13.2 Å². The fourth-order valence-electron chi connectivity index (χ4n) is 12.7. The molecule has 0 bridgehead atoms. The molecule has 0 saturated heterocycles. The second-order valence-electron chi connectivity index (χ2n) is 25.5. The third kappa shape index (κ3) is 57.9. The van der Waals surface area contributed by atoms with E-state index in [0.29, 0.717) is 0 Å². The van der Waals surface area contributed by atoms with Crippen LogP contribution in [0.3, 0.4) is 0 Å². The van der Waals surface area contributed by atoms with Gasteiger partial charge in [-0.2, -0.15) is 0 Å². The van der Waals surface area contributed by atoms with E-state index in [1.807, 2.05) is 0 Å². The summed E-state index contributed by atoms with van der Waals surface area (Å²) in [6.45, 7) is 16.6. The Morgan fingerprint density at radius 1 is 0.178 bits per heavy atom. The summed E-state index contributed by atoms with van der Waals surface area (Å²) in [6, 6.07) is 0. The van der Waals surface area contributed by atoms with Crippen LogP contribution in [0.5, 0.6) is 0 Å². The Bertz CT molecular complexity index is 868.